The second kappa shape index (κ2) is 6.00. The van der Waals surface area contributed by atoms with Crippen LogP contribution in [0.3, 0.4) is 0 Å². The molecule has 1 amide bonds. The highest BCUT2D eigenvalue weighted by molar-refractivity contribution is 5.96. The normalized spacial score (nSPS) is 14.6. The van der Waals surface area contributed by atoms with Gasteiger partial charge in [0.05, 0.1) is 10.8 Å². The molecule has 0 aromatic heterocycles. The number of hydrogen-bond donors (Lipinski definition) is 2. The molecular weight excluding hydrogens is 290 g/mol. The van der Waals surface area contributed by atoms with Gasteiger partial charge in [-0.05, 0) is 26.0 Å². The van der Waals surface area contributed by atoms with Crippen LogP contribution in [0.5, 0.6) is 0 Å². The molecule has 8 nitrogen and oxygen atoms in total. The fourth-order valence-corrected chi connectivity index (χ4v) is 2.26. The van der Waals surface area contributed by atoms with E-state index in [-0.39, 0.29) is 36.3 Å². The summed E-state index contributed by atoms with van der Waals surface area (Å²) in [5.41, 5.74) is 0.350. The fraction of sp³-hybridized carbons (Fsp3) is 0.429. The molecule has 0 spiro atoms. The Morgan fingerprint density at radius 2 is 2.05 bits per heavy atom. The van der Waals surface area contributed by atoms with Gasteiger partial charge >= 0.3 is 5.97 Å². The van der Waals surface area contributed by atoms with Gasteiger partial charge in [0.25, 0.3) is 11.6 Å². The zero-order valence-corrected chi connectivity index (χ0v) is 12.3. The van der Waals surface area contributed by atoms with Crippen molar-refractivity contribution in [3.63, 3.8) is 0 Å². The Hall–Kier alpha value is -2.64. The van der Waals surface area contributed by atoms with Gasteiger partial charge in [-0.1, -0.05) is 0 Å². The summed E-state index contributed by atoms with van der Waals surface area (Å²) < 4.78 is 0. The van der Waals surface area contributed by atoms with E-state index in [4.69, 9.17) is 5.11 Å². The number of nitrogens with zero attached hydrogens (tertiary/aromatic N) is 2. The quantitative estimate of drug-likeness (QED) is 0.625. The van der Waals surface area contributed by atoms with Gasteiger partial charge in [0.2, 0.25) is 0 Å². The van der Waals surface area contributed by atoms with Crippen molar-refractivity contribution in [1.29, 1.82) is 0 Å². The van der Waals surface area contributed by atoms with Crippen LogP contribution in [0.25, 0.3) is 0 Å². The Bertz CT molecular complexity index is 623. The number of carboxylic acids is 1. The lowest BCUT2D eigenvalue weighted by Crippen LogP contribution is -2.50. The summed E-state index contributed by atoms with van der Waals surface area (Å²) in [5, 5.41) is 22.7. The molecule has 1 saturated heterocycles. The largest absolute Gasteiger partial charge is 0.481 e. The first-order valence-electron chi connectivity index (χ1n) is 6.86. The molecule has 0 bridgehead atoms. The monoisotopic (exact) mass is 307 g/mol. The van der Waals surface area contributed by atoms with Crippen LogP contribution >= 0.6 is 0 Å². The molecule has 2 N–H and O–H groups in total. The van der Waals surface area contributed by atoms with Crippen molar-refractivity contribution in [1.82, 2.24) is 5.32 Å². The molecule has 1 heterocycles. The number of rotatable bonds is 5. The summed E-state index contributed by atoms with van der Waals surface area (Å²) in [7, 11) is 0. The summed E-state index contributed by atoms with van der Waals surface area (Å²) in [5.74, 6) is -1.80. The Morgan fingerprint density at radius 1 is 1.41 bits per heavy atom. The van der Waals surface area contributed by atoms with Crippen molar-refractivity contribution in [2.24, 2.45) is 5.92 Å². The van der Waals surface area contributed by atoms with Gasteiger partial charge in [0.1, 0.15) is 5.69 Å². The molecule has 1 aliphatic heterocycles. The summed E-state index contributed by atoms with van der Waals surface area (Å²) >= 11 is 0. The molecule has 8 heteroatoms. The molecular formula is C14H17N3O5. The van der Waals surface area contributed by atoms with Gasteiger partial charge in [-0.15, -0.1) is 0 Å². The molecule has 1 fully saturated rings. The van der Waals surface area contributed by atoms with Crippen molar-refractivity contribution in [2.45, 2.75) is 19.9 Å². The lowest BCUT2D eigenvalue weighted by Gasteiger charge is -2.38. The molecule has 1 aromatic carbocycles. The molecule has 118 valence electrons. The summed E-state index contributed by atoms with van der Waals surface area (Å²) in [6, 6.07) is 4.15. The smallest absolute Gasteiger partial charge is 0.310 e. The van der Waals surface area contributed by atoms with E-state index in [1.807, 2.05) is 0 Å². The van der Waals surface area contributed by atoms with Crippen molar-refractivity contribution in [2.75, 3.05) is 18.0 Å². The first-order valence-corrected chi connectivity index (χ1v) is 6.86. The van der Waals surface area contributed by atoms with Crippen LogP contribution in [0, 0.1) is 16.0 Å². The van der Waals surface area contributed by atoms with E-state index >= 15 is 0 Å². The van der Waals surface area contributed by atoms with E-state index in [1.54, 1.807) is 18.7 Å². The average Bonchev–Trinajstić information content (AvgIpc) is 2.35. The maximum atomic E-state index is 11.9. The number of carbonyl (C=O) groups is 2. The minimum Gasteiger partial charge on any atom is -0.481 e. The first-order chi connectivity index (χ1) is 10.3. The second-order valence-corrected chi connectivity index (χ2v) is 5.53. The highest BCUT2D eigenvalue weighted by Crippen LogP contribution is 2.34. The van der Waals surface area contributed by atoms with Gasteiger partial charge in [-0.25, -0.2) is 0 Å². The van der Waals surface area contributed by atoms with Crippen molar-refractivity contribution < 1.29 is 19.6 Å². The summed E-state index contributed by atoms with van der Waals surface area (Å²) in [6.07, 6.45) is 0. The van der Waals surface area contributed by atoms with Crippen LogP contribution in [0.2, 0.25) is 0 Å². The number of benzene rings is 1. The molecule has 1 aromatic rings. The average molecular weight is 307 g/mol. The fourth-order valence-electron chi connectivity index (χ4n) is 2.26. The summed E-state index contributed by atoms with van der Waals surface area (Å²) in [4.78, 5) is 35.0. The van der Waals surface area contributed by atoms with E-state index in [2.05, 4.69) is 5.32 Å². The number of carbonyl (C=O) groups excluding carboxylic acids is 1. The third kappa shape index (κ3) is 3.16. The van der Waals surface area contributed by atoms with Gasteiger partial charge < -0.3 is 15.3 Å². The SMILES string of the molecule is CC(C)NC(=O)c1ccc(N2CC(C(=O)O)C2)c([N+](=O)[O-])c1. The van der Waals surface area contributed by atoms with E-state index in [0.717, 1.165) is 0 Å². The number of nitro benzene ring substituents is 1. The maximum Gasteiger partial charge on any atom is 0.310 e. The van der Waals surface area contributed by atoms with Crippen molar-refractivity contribution in [3.8, 4) is 0 Å². The minimum atomic E-state index is -0.910. The standard InChI is InChI=1S/C14H17N3O5/c1-8(2)15-13(18)9-3-4-11(12(5-9)17(21)22)16-6-10(7-16)14(19)20/h3-5,8,10H,6-7H2,1-2H3,(H,15,18)(H,19,20). The predicted molar refractivity (Wildman–Crippen MR) is 79.0 cm³/mol. The van der Waals surface area contributed by atoms with Gasteiger partial charge in [0, 0.05) is 30.8 Å². The third-order valence-electron chi connectivity index (χ3n) is 3.43. The number of anilines is 1. The highest BCUT2D eigenvalue weighted by Gasteiger charge is 2.36. The van der Waals surface area contributed by atoms with Gasteiger partial charge in [-0.2, -0.15) is 0 Å². The Balaban J connectivity index is 2.24. The molecule has 2 rings (SSSR count). The zero-order valence-electron chi connectivity index (χ0n) is 12.3. The molecule has 0 unspecified atom stereocenters. The molecule has 0 saturated carbocycles. The first kappa shape index (κ1) is 15.7. The number of nitrogens with one attached hydrogen (secondary N) is 1. The van der Waals surface area contributed by atoms with Crippen molar-refractivity contribution >= 4 is 23.3 Å². The molecule has 0 atom stereocenters. The Morgan fingerprint density at radius 3 is 2.55 bits per heavy atom. The number of nitro groups is 1. The molecule has 0 radical (unpaired) electrons. The number of carboxylic acid groups (broad SMARTS) is 1. The van der Waals surface area contributed by atoms with Crippen LogP contribution in [0.4, 0.5) is 11.4 Å². The Kier molecular flexibility index (Phi) is 4.30. The van der Waals surface area contributed by atoms with Crippen LogP contribution in [-0.4, -0.2) is 41.0 Å². The molecule has 22 heavy (non-hydrogen) atoms. The van der Waals surface area contributed by atoms with E-state index < -0.39 is 16.8 Å². The van der Waals surface area contributed by atoms with Gasteiger partial charge in [-0.3, -0.25) is 19.7 Å². The lowest BCUT2D eigenvalue weighted by atomic mass is 9.98. The minimum absolute atomic E-state index is 0.0714. The van der Waals surface area contributed by atoms with Crippen LogP contribution in [0.1, 0.15) is 24.2 Å². The van der Waals surface area contributed by atoms with E-state index in [1.165, 1.54) is 18.2 Å². The van der Waals surface area contributed by atoms with Gasteiger partial charge in [0.15, 0.2) is 0 Å². The third-order valence-corrected chi connectivity index (χ3v) is 3.43. The predicted octanol–water partition coefficient (Wildman–Crippen LogP) is 1.25. The topological polar surface area (TPSA) is 113 Å². The maximum absolute atomic E-state index is 11.9. The zero-order chi connectivity index (χ0) is 16.4. The number of hydrogen-bond acceptors (Lipinski definition) is 5. The van der Waals surface area contributed by atoms with E-state index in [9.17, 15) is 19.7 Å². The Labute approximate surface area is 126 Å². The number of aliphatic carboxylic acids is 1. The van der Waals surface area contributed by atoms with E-state index in [0.29, 0.717) is 5.69 Å². The highest BCUT2D eigenvalue weighted by atomic mass is 16.6. The molecule has 0 aliphatic carbocycles. The van der Waals surface area contributed by atoms with Crippen molar-refractivity contribution in [3.05, 3.63) is 33.9 Å². The number of amides is 1. The van der Waals surface area contributed by atoms with Crippen LogP contribution < -0.4 is 10.2 Å². The lowest BCUT2D eigenvalue weighted by molar-refractivity contribution is -0.384. The van der Waals surface area contributed by atoms with Crippen LogP contribution in [0.15, 0.2) is 18.2 Å². The summed E-state index contributed by atoms with van der Waals surface area (Å²) in [6.45, 7) is 4.06. The molecule has 1 aliphatic rings. The second-order valence-electron chi connectivity index (χ2n) is 5.53. The van der Waals surface area contributed by atoms with Crippen LogP contribution in [-0.2, 0) is 4.79 Å².